The minimum atomic E-state index is -3.43. The Labute approximate surface area is 138 Å². The molecule has 1 atom stereocenters. The molecule has 0 radical (unpaired) electrons. The van der Waals surface area contributed by atoms with E-state index < -0.39 is 10.0 Å². The van der Waals surface area contributed by atoms with Crippen LogP contribution in [0.15, 0.2) is 23.1 Å². The lowest BCUT2D eigenvalue weighted by molar-refractivity contribution is -0.118. The van der Waals surface area contributed by atoms with E-state index in [4.69, 9.17) is 0 Å². The number of benzene rings is 1. The third-order valence-electron chi connectivity index (χ3n) is 4.81. The second kappa shape index (κ2) is 6.24. The van der Waals surface area contributed by atoms with Crippen molar-refractivity contribution in [2.45, 2.75) is 44.4 Å². The van der Waals surface area contributed by atoms with E-state index in [2.05, 4.69) is 6.92 Å². The molecule has 6 heteroatoms. The molecule has 1 aromatic rings. The molecule has 0 aliphatic carbocycles. The van der Waals surface area contributed by atoms with Gasteiger partial charge in [0.15, 0.2) is 0 Å². The number of sulfonamides is 1. The predicted octanol–water partition coefficient (Wildman–Crippen LogP) is 2.41. The number of hydrogen-bond donors (Lipinski definition) is 0. The fraction of sp³-hybridized carbons (Fsp3) is 0.588. The van der Waals surface area contributed by atoms with Gasteiger partial charge in [-0.15, -0.1) is 0 Å². The van der Waals surface area contributed by atoms with E-state index in [0.717, 1.165) is 30.5 Å². The average molecular weight is 336 g/mol. The molecule has 126 valence electrons. The van der Waals surface area contributed by atoms with Crippen molar-refractivity contribution in [3.8, 4) is 0 Å². The first kappa shape index (κ1) is 16.5. The Morgan fingerprint density at radius 2 is 2.09 bits per heavy atom. The minimum absolute atomic E-state index is 0.0872. The predicted molar refractivity (Wildman–Crippen MR) is 89.9 cm³/mol. The number of nitrogens with zero attached hydrogens (tertiary/aromatic N) is 2. The molecule has 0 bridgehead atoms. The van der Waals surface area contributed by atoms with Gasteiger partial charge in [0.05, 0.1) is 4.90 Å². The van der Waals surface area contributed by atoms with Gasteiger partial charge >= 0.3 is 0 Å². The van der Waals surface area contributed by atoms with Gasteiger partial charge in [-0.3, -0.25) is 4.79 Å². The quantitative estimate of drug-likeness (QED) is 0.852. The number of carbonyl (C=O) groups is 1. The molecule has 2 aliphatic heterocycles. The second-order valence-electron chi connectivity index (χ2n) is 6.55. The van der Waals surface area contributed by atoms with Crippen LogP contribution >= 0.6 is 0 Å². The maximum atomic E-state index is 12.8. The summed E-state index contributed by atoms with van der Waals surface area (Å²) in [6.07, 6.45) is 3.19. The molecule has 0 N–H and O–H groups in total. The van der Waals surface area contributed by atoms with Crippen molar-refractivity contribution in [2.24, 2.45) is 5.92 Å². The van der Waals surface area contributed by atoms with Gasteiger partial charge in [-0.05, 0) is 48.9 Å². The first-order valence-electron chi connectivity index (χ1n) is 8.37. The summed E-state index contributed by atoms with van der Waals surface area (Å²) in [4.78, 5) is 14.1. The Morgan fingerprint density at radius 1 is 1.30 bits per heavy atom. The number of amides is 1. The van der Waals surface area contributed by atoms with Gasteiger partial charge in [-0.2, -0.15) is 4.31 Å². The lowest BCUT2D eigenvalue weighted by atomic mass is 10.0. The second-order valence-corrected chi connectivity index (χ2v) is 8.49. The third-order valence-corrected chi connectivity index (χ3v) is 6.67. The van der Waals surface area contributed by atoms with Crippen LogP contribution < -0.4 is 4.90 Å². The van der Waals surface area contributed by atoms with Crippen molar-refractivity contribution in [1.29, 1.82) is 0 Å². The summed E-state index contributed by atoms with van der Waals surface area (Å²) in [5, 5.41) is 0. The van der Waals surface area contributed by atoms with Crippen LogP contribution in [0.3, 0.4) is 0 Å². The van der Waals surface area contributed by atoms with Crippen molar-refractivity contribution in [1.82, 2.24) is 4.31 Å². The summed E-state index contributed by atoms with van der Waals surface area (Å²) < 4.78 is 27.3. The molecular formula is C17H24N2O3S. The monoisotopic (exact) mass is 336 g/mol. The summed E-state index contributed by atoms with van der Waals surface area (Å²) in [5.41, 5.74) is 1.82. The van der Waals surface area contributed by atoms with Crippen LogP contribution in [0.1, 0.15) is 38.7 Å². The molecule has 2 aliphatic rings. The standard InChI is InChI=1S/C17H24N2O3S/c1-3-17(20)19-10-8-14-11-15(6-7-16(14)19)23(21,22)18-9-4-5-13(2)12-18/h6-7,11,13H,3-5,8-10,12H2,1-2H3/t13-/m1/s1. The van der Waals surface area contributed by atoms with Gasteiger partial charge in [-0.25, -0.2) is 8.42 Å². The molecule has 1 saturated heterocycles. The van der Waals surface area contributed by atoms with Crippen LogP contribution in [0.2, 0.25) is 0 Å². The van der Waals surface area contributed by atoms with E-state index in [1.54, 1.807) is 27.4 Å². The maximum Gasteiger partial charge on any atom is 0.243 e. The molecule has 5 nitrogen and oxygen atoms in total. The first-order valence-corrected chi connectivity index (χ1v) is 9.81. The fourth-order valence-corrected chi connectivity index (χ4v) is 5.15. The van der Waals surface area contributed by atoms with E-state index in [0.29, 0.717) is 36.9 Å². The zero-order valence-corrected chi connectivity index (χ0v) is 14.6. The molecule has 0 spiro atoms. The number of anilines is 1. The molecule has 0 aromatic heterocycles. The van der Waals surface area contributed by atoms with Crippen molar-refractivity contribution in [3.05, 3.63) is 23.8 Å². The minimum Gasteiger partial charge on any atom is -0.312 e. The summed E-state index contributed by atoms with van der Waals surface area (Å²) in [5.74, 6) is 0.495. The van der Waals surface area contributed by atoms with E-state index in [1.807, 2.05) is 6.92 Å². The van der Waals surface area contributed by atoms with Crippen molar-refractivity contribution in [2.75, 3.05) is 24.5 Å². The SMILES string of the molecule is CCC(=O)N1CCc2cc(S(=O)(=O)N3CCC[C@@H](C)C3)ccc21. The van der Waals surface area contributed by atoms with Crippen LogP contribution in [-0.2, 0) is 21.2 Å². The Morgan fingerprint density at radius 3 is 2.78 bits per heavy atom. The highest BCUT2D eigenvalue weighted by atomic mass is 32.2. The zero-order chi connectivity index (χ0) is 16.6. The van der Waals surface area contributed by atoms with Crippen LogP contribution in [0.4, 0.5) is 5.69 Å². The van der Waals surface area contributed by atoms with Crippen molar-refractivity contribution in [3.63, 3.8) is 0 Å². The molecule has 0 saturated carbocycles. The number of rotatable bonds is 3. The highest BCUT2D eigenvalue weighted by Gasteiger charge is 2.31. The topological polar surface area (TPSA) is 57.7 Å². The largest absolute Gasteiger partial charge is 0.312 e. The lowest BCUT2D eigenvalue weighted by Crippen LogP contribution is -2.39. The Bertz CT molecular complexity index is 715. The number of fused-ring (bicyclic) bond motifs is 1. The zero-order valence-electron chi connectivity index (χ0n) is 13.8. The third kappa shape index (κ3) is 3.02. The maximum absolute atomic E-state index is 12.8. The summed E-state index contributed by atoms with van der Waals surface area (Å²) in [7, 11) is -3.43. The molecular weight excluding hydrogens is 312 g/mol. The number of carbonyl (C=O) groups excluding carboxylic acids is 1. The van der Waals surface area contributed by atoms with Crippen LogP contribution in [0, 0.1) is 5.92 Å². The Hall–Kier alpha value is -1.40. The molecule has 3 rings (SSSR count). The molecule has 2 heterocycles. The van der Waals surface area contributed by atoms with Crippen molar-refractivity contribution >= 4 is 21.6 Å². The van der Waals surface area contributed by atoms with Crippen LogP contribution in [-0.4, -0.2) is 38.3 Å². The van der Waals surface area contributed by atoms with Crippen molar-refractivity contribution < 1.29 is 13.2 Å². The number of hydrogen-bond acceptors (Lipinski definition) is 3. The molecule has 1 aromatic carbocycles. The smallest absolute Gasteiger partial charge is 0.243 e. The summed E-state index contributed by atoms with van der Waals surface area (Å²) in [6.45, 7) is 5.78. The highest BCUT2D eigenvalue weighted by Crippen LogP contribution is 2.32. The summed E-state index contributed by atoms with van der Waals surface area (Å²) in [6, 6.07) is 5.19. The van der Waals surface area contributed by atoms with E-state index in [9.17, 15) is 13.2 Å². The van der Waals surface area contributed by atoms with Gasteiger partial charge < -0.3 is 4.90 Å². The summed E-state index contributed by atoms with van der Waals surface area (Å²) >= 11 is 0. The molecule has 0 unspecified atom stereocenters. The Kier molecular flexibility index (Phi) is 4.47. The van der Waals surface area contributed by atoms with Gasteiger partial charge in [-0.1, -0.05) is 13.8 Å². The fourth-order valence-electron chi connectivity index (χ4n) is 3.50. The van der Waals surface area contributed by atoms with E-state index in [1.165, 1.54) is 0 Å². The van der Waals surface area contributed by atoms with Crippen LogP contribution in [0.25, 0.3) is 0 Å². The van der Waals surface area contributed by atoms with Gasteiger partial charge in [0.2, 0.25) is 15.9 Å². The first-order chi connectivity index (χ1) is 10.9. The Balaban J connectivity index is 1.89. The molecule has 23 heavy (non-hydrogen) atoms. The number of piperidine rings is 1. The normalized spacial score (nSPS) is 22.2. The average Bonchev–Trinajstić information content (AvgIpc) is 2.97. The molecule has 1 amide bonds. The van der Waals surface area contributed by atoms with E-state index in [-0.39, 0.29) is 5.91 Å². The highest BCUT2D eigenvalue weighted by molar-refractivity contribution is 7.89. The van der Waals surface area contributed by atoms with Gasteiger partial charge in [0.25, 0.3) is 0 Å². The van der Waals surface area contributed by atoms with Gasteiger partial charge in [0.1, 0.15) is 0 Å². The molecule has 1 fully saturated rings. The van der Waals surface area contributed by atoms with Crippen LogP contribution in [0.5, 0.6) is 0 Å². The lowest BCUT2D eigenvalue weighted by Gasteiger charge is -2.30. The van der Waals surface area contributed by atoms with E-state index >= 15 is 0 Å². The van der Waals surface area contributed by atoms with Gasteiger partial charge in [0, 0.05) is 31.7 Å².